The molecule has 8 nitrogen and oxygen atoms in total. The van der Waals surface area contributed by atoms with Crippen LogP contribution in [0.1, 0.15) is 0 Å². The van der Waals surface area contributed by atoms with Crippen molar-refractivity contribution in [2.45, 2.75) is 6.18 Å². The maximum absolute atomic E-state index is 11.4. The van der Waals surface area contributed by atoms with Crippen molar-refractivity contribution in [1.29, 1.82) is 0 Å². The average Bonchev–Trinajstić information content (AvgIpc) is 2.79. The normalized spacial score (nSPS) is 11.3. The number of aliphatic carboxylic acids is 1. The number of carbonyl (C=O) groups is 1. The SMILES string of the molecule is CS(=O)(=O)Nc1ccc(-c2cnc3cccc(Nc4ccccn4)c3c2)cc1.O=C(O)C(F)(F)F. The highest BCUT2D eigenvalue weighted by molar-refractivity contribution is 7.92. The van der Waals surface area contributed by atoms with Crippen LogP contribution in [0.3, 0.4) is 0 Å². The Hall–Kier alpha value is -4.19. The summed E-state index contributed by atoms with van der Waals surface area (Å²) in [5.74, 6) is -2.00. The number of alkyl halides is 3. The maximum Gasteiger partial charge on any atom is 0.490 e. The predicted octanol–water partition coefficient (Wildman–Crippen LogP) is 5.05. The number of carboxylic acids is 1. The summed E-state index contributed by atoms with van der Waals surface area (Å²) in [7, 11) is -3.30. The van der Waals surface area contributed by atoms with Crippen molar-refractivity contribution >= 4 is 44.1 Å². The molecule has 0 aliphatic rings. The first kappa shape index (κ1) is 25.4. The highest BCUT2D eigenvalue weighted by atomic mass is 32.2. The van der Waals surface area contributed by atoms with Crippen LogP contribution in [-0.4, -0.2) is 41.9 Å². The third kappa shape index (κ3) is 7.40. The molecule has 0 bridgehead atoms. The van der Waals surface area contributed by atoms with Gasteiger partial charge in [-0.1, -0.05) is 24.3 Å². The summed E-state index contributed by atoms with van der Waals surface area (Å²) in [6.07, 6.45) is -0.403. The quantitative estimate of drug-likeness (QED) is 0.348. The standard InChI is InChI=1S/C21H18N4O2S.C2HF3O2/c1-28(26,27)25-17-10-8-15(9-11-17)16-13-18-19(23-14-16)5-4-6-20(18)24-21-7-2-3-12-22-21;3-2(4,5)1(6)7/h2-14,25H,1H3,(H,22,24);(H,6,7). The molecular weight excluding hydrogens is 485 g/mol. The molecule has 0 amide bonds. The molecule has 182 valence electrons. The van der Waals surface area contributed by atoms with Gasteiger partial charge in [-0.2, -0.15) is 13.2 Å². The molecule has 0 saturated heterocycles. The molecule has 0 saturated carbocycles. The van der Waals surface area contributed by atoms with E-state index in [1.54, 1.807) is 18.3 Å². The molecule has 0 spiro atoms. The van der Waals surface area contributed by atoms with Crippen LogP contribution in [0, 0.1) is 0 Å². The largest absolute Gasteiger partial charge is 0.490 e. The fourth-order valence-corrected chi connectivity index (χ4v) is 3.50. The second-order valence-corrected chi connectivity index (χ2v) is 8.94. The van der Waals surface area contributed by atoms with Gasteiger partial charge in [-0.25, -0.2) is 18.2 Å². The van der Waals surface area contributed by atoms with E-state index in [0.29, 0.717) is 5.69 Å². The lowest BCUT2D eigenvalue weighted by molar-refractivity contribution is -0.192. The van der Waals surface area contributed by atoms with Crippen LogP contribution in [0.4, 0.5) is 30.4 Å². The smallest absolute Gasteiger partial charge is 0.475 e. The molecule has 2 aromatic heterocycles. The van der Waals surface area contributed by atoms with Crippen LogP contribution in [0.15, 0.2) is 79.1 Å². The molecule has 2 aromatic carbocycles. The molecule has 0 fully saturated rings. The van der Waals surface area contributed by atoms with Crippen molar-refractivity contribution in [3.63, 3.8) is 0 Å². The summed E-state index contributed by atoms with van der Waals surface area (Å²) >= 11 is 0. The van der Waals surface area contributed by atoms with E-state index < -0.39 is 22.2 Å². The maximum atomic E-state index is 11.4. The number of rotatable bonds is 5. The van der Waals surface area contributed by atoms with E-state index in [-0.39, 0.29) is 0 Å². The topological polar surface area (TPSA) is 121 Å². The minimum atomic E-state index is -5.08. The van der Waals surface area contributed by atoms with Crippen molar-refractivity contribution in [1.82, 2.24) is 9.97 Å². The van der Waals surface area contributed by atoms with Gasteiger partial charge in [-0.15, -0.1) is 0 Å². The number of fused-ring (bicyclic) bond motifs is 1. The molecule has 4 rings (SSSR count). The second-order valence-electron chi connectivity index (χ2n) is 7.19. The molecule has 2 heterocycles. The lowest BCUT2D eigenvalue weighted by Gasteiger charge is -2.11. The highest BCUT2D eigenvalue weighted by Gasteiger charge is 2.38. The molecule has 35 heavy (non-hydrogen) atoms. The molecule has 0 radical (unpaired) electrons. The molecule has 0 aliphatic carbocycles. The number of anilines is 3. The van der Waals surface area contributed by atoms with Gasteiger partial charge in [-0.3, -0.25) is 9.71 Å². The molecule has 4 aromatic rings. The molecule has 0 atom stereocenters. The van der Waals surface area contributed by atoms with Gasteiger partial charge in [-0.05, 0) is 48.0 Å². The predicted molar refractivity (Wildman–Crippen MR) is 127 cm³/mol. The van der Waals surface area contributed by atoms with Crippen LogP contribution < -0.4 is 10.0 Å². The third-order valence-corrected chi connectivity index (χ3v) is 5.02. The van der Waals surface area contributed by atoms with Gasteiger partial charge in [0.2, 0.25) is 10.0 Å². The molecular formula is C23H19F3N4O4S. The zero-order valence-electron chi connectivity index (χ0n) is 18.1. The van der Waals surface area contributed by atoms with Crippen molar-refractivity contribution in [3.8, 4) is 11.1 Å². The Balaban J connectivity index is 0.000000429. The van der Waals surface area contributed by atoms with Crippen molar-refractivity contribution in [2.24, 2.45) is 0 Å². The number of sulfonamides is 1. The Labute approximate surface area is 198 Å². The van der Waals surface area contributed by atoms with Crippen molar-refractivity contribution in [3.05, 3.63) is 79.1 Å². The molecule has 3 N–H and O–H groups in total. The van der Waals surface area contributed by atoms with Gasteiger partial charge in [0.1, 0.15) is 5.82 Å². The fourth-order valence-electron chi connectivity index (χ4n) is 2.94. The van der Waals surface area contributed by atoms with E-state index in [4.69, 9.17) is 9.90 Å². The van der Waals surface area contributed by atoms with Gasteiger partial charge < -0.3 is 10.4 Å². The number of halogens is 3. The van der Waals surface area contributed by atoms with E-state index in [0.717, 1.165) is 39.8 Å². The summed E-state index contributed by atoms with van der Waals surface area (Å²) in [5.41, 5.74) is 4.20. The Morgan fingerprint density at radius 1 is 0.943 bits per heavy atom. The lowest BCUT2D eigenvalue weighted by Crippen LogP contribution is -2.21. The number of pyridine rings is 2. The number of nitrogens with zero attached hydrogens (tertiary/aromatic N) is 2. The molecule has 0 unspecified atom stereocenters. The zero-order valence-corrected chi connectivity index (χ0v) is 18.9. The van der Waals surface area contributed by atoms with E-state index in [1.165, 1.54) is 0 Å². The van der Waals surface area contributed by atoms with Gasteiger partial charge in [0.25, 0.3) is 0 Å². The highest BCUT2D eigenvalue weighted by Crippen LogP contribution is 2.29. The van der Waals surface area contributed by atoms with Gasteiger partial charge in [0.15, 0.2) is 0 Å². The molecule has 0 aliphatic heterocycles. The number of hydrogen-bond acceptors (Lipinski definition) is 6. The van der Waals surface area contributed by atoms with Crippen LogP contribution in [0.2, 0.25) is 0 Å². The average molecular weight is 504 g/mol. The van der Waals surface area contributed by atoms with E-state index in [1.807, 2.05) is 54.7 Å². The number of aromatic nitrogens is 2. The van der Waals surface area contributed by atoms with Crippen molar-refractivity contribution < 1.29 is 31.5 Å². The summed E-state index contributed by atoms with van der Waals surface area (Å²) in [5, 5.41) is 11.4. The summed E-state index contributed by atoms with van der Waals surface area (Å²) < 4.78 is 56.9. The fraction of sp³-hybridized carbons (Fsp3) is 0.0870. The summed E-state index contributed by atoms with van der Waals surface area (Å²) in [4.78, 5) is 17.8. The number of nitrogens with one attached hydrogen (secondary N) is 2. The number of carboxylic acid groups (broad SMARTS) is 1. The Morgan fingerprint density at radius 2 is 1.63 bits per heavy atom. The van der Waals surface area contributed by atoms with Crippen LogP contribution in [0.5, 0.6) is 0 Å². The van der Waals surface area contributed by atoms with E-state index >= 15 is 0 Å². The Bertz CT molecular complexity index is 1430. The Kier molecular flexibility index (Phi) is 7.55. The third-order valence-electron chi connectivity index (χ3n) is 4.42. The minimum absolute atomic E-state index is 0.525. The summed E-state index contributed by atoms with van der Waals surface area (Å²) in [6.45, 7) is 0. The first-order valence-corrected chi connectivity index (χ1v) is 11.8. The number of hydrogen-bond donors (Lipinski definition) is 3. The number of benzene rings is 2. The monoisotopic (exact) mass is 504 g/mol. The van der Waals surface area contributed by atoms with Crippen LogP contribution in [0.25, 0.3) is 22.0 Å². The second kappa shape index (κ2) is 10.4. The van der Waals surface area contributed by atoms with E-state index in [2.05, 4.69) is 26.1 Å². The first-order valence-electron chi connectivity index (χ1n) is 9.87. The van der Waals surface area contributed by atoms with Crippen molar-refractivity contribution in [2.75, 3.05) is 16.3 Å². The minimum Gasteiger partial charge on any atom is -0.475 e. The first-order chi connectivity index (χ1) is 16.4. The molecule has 12 heteroatoms. The summed E-state index contributed by atoms with van der Waals surface area (Å²) in [6, 6.07) is 20.9. The van der Waals surface area contributed by atoms with Crippen LogP contribution >= 0.6 is 0 Å². The van der Waals surface area contributed by atoms with Crippen LogP contribution in [-0.2, 0) is 14.8 Å². The van der Waals surface area contributed by atoms with E-state index in [9.17, 15) is 21.6 Å². The van der Waals surface area contributed by atoms with Gasteiger partial charge in [0, 0.05) is 34.7 Å². The lowest BCUT2D eigenvalue weighted by atomic mass is 10.0. The zero-order chi connectivity index (χ0) is 25.6. The van der Waals surface area contributed by atoms with Gasteiger partial charge in [0.05, 0.1) is 11.8 Å². The Morgan fingerprint density at radius 3 is 2.20 bits per heavy atom. The van der Waals surface area contributed by atoms with Gasteiger partial charge >= 0.3 is 12.1 Å².